The van der Waals surface area contributed by atoms with Crippen LogP contribution < -0.4 is 4.90 Å². The first-order valence-corrected chi connectivity index (χ1v) is 21.6. The lowest BCUT2D eigenvalue weighted by Crippen LogP contribution is -2.11. The second-order valence-electron chi connectivity index (χ2n) is 15.7. The van der Waals surface area contributed by atoms with Gasteiger partial charge >= 0.3 is 0 Å². The van der Waals surface area contributed by atoms with Crippen LogP contribution in [0.2, 0.25) is 0 Å². The van der Waals surface area contributed by atoms with E-state index in [4.69, 9.17) is 0 Å². The van der Waals surface area contributed by atoms with E-state index < -0.39 is 0 Å². The molecular weight excluding hydrogens is 757 g/mol. The van der Waals surface area contributed by atoms with Gasteiger partial charge in [-0.15, -0.1) is 11.3 Å². The smallest absolute Gasteiger partial charge is 0.0547 e. The normalized spacial score (nSPS) is 11.6. The van der Waals surface area contributed by atoms with E-state index in [0.717, 1.165) is 22.7 Å². The maximum atomic E-state index is 2.41. The summed E-state index contributed by atoms with van der Waals surface area (Å²) in [5, 5.41) is 7.63. The lowest BCUT2D eigenvalue weighted by atomic mass is 9.98. The van der Waals surface area contributed by atoms with Crippen LogP contribution in [0, 0.1) is 0 Å². The van der Waals surface area contributed by atoms with Gasteiger partial charge in [-0.1, -0.05) is 158 Å². The zero-order valence-electron chi connectivity index (χ0n) is 33.2. The van der Waals surface area contributed by atoms with E-state index in [-0.39, 0.29) is 0 Å². The Labute approximate surface area is 358 Å². The number of para-hydroxylation sites is 3. The van der Waals surface area contributed by atoms with Crippen molar-refractivity contribution in [3.63, 3.8) is 0 Å². The van der Waals surface area contributed by atoms with Gasteiger partial charge in [0.05, 0.1) is 16.7 Å². The van der Waals surface area contributed by atoms with Gasteiger partial charge in [0.1, 0.15) is 0 Å². The van der Waals surface area contributed by atoms with Crippen molar-refractivity contribution in [3.05, 3.63) is 231 Å². The first-order chi connectivity index (χ1) is 30.2. The second-order valence-corrected chi connectivity index (χ2v) is 16.8. The minimum atomic E-state index is 1.09. The molecule has 0 saturated carbocycles. The highest BCUT2D eigenvalue weighted by molar-refractivity contribution is 7.25. The summed E-state index contributed by atoms with van der Waals surface area (Å²) < 4.78 is 5.03. The summed E-state index contributed by atoms with van der Waals surface area (Å²) in [5.74, 6) is 0. The fourth-order valence-corrected chi connectivity index (χ4v) is 10.4. The van der Waals surface area contributed by atoms with Crippen molar-refractivity contribution in [2.45, 2.75) is 0 Å². The Balaban J connectivity index is 0.967. The number of rotatable bonds is 7. The minimum absolute atomic E-state index is 1.09. The molecule has 0 N–H and O–H groups in total. The molecule has 0 aliphatic heterocycles. The summed E-state index contributed by atoms with van der Waals surface area (Å²) in [6.07, 6.45) is 0. The number of anilines is 3. The Bertz CT molecular complexity index is 3580. The summed E-state index contributed by atoms with van der Waals surface area (Å²) in [5.41, 5.74) is 14.0. The molecule has 2 aromatic heterocycles. The van der Waals surface area contributed by atoms with Crippen molar-refractivity contribution < 1.29 is 0 Å². The maximum Gasteiger partial charge on any atom is 0.0547 e. The number of thiophene rings is 1. The van der Waals surface area contributed by atoms with Crippen molar-refractivity contribution in [1.82, 2.24) is 4.57 Å². The van der Waals surface area contributed by atoms with Gasteiger partial charge in [0.15, 0.2) is 0 Å². The lowest BCUT2D eigenvalue weighted by molar-refractivity contribution is 1.18. The lowest BCUT2D eigenvalue weighted by Gasteiger charge is -2.28. The Morgan fingerprint density at radius 1 is 0.328 bits per heavy atom. The van der Waals surface area contributed by atoms with Crippen LogP contribution in [0.15, 0.2) is 231 Å². The molecule has 0 spiro atoms. The number of aromatic nitrogens is 1. The highest BCUT2D eigenvalue weighted by Gasteiger charge is 2.19. The average Bonchev–Trinajstić information content (AvgIpc) is 3.87. The van der Waals surface area contributed by atoms with Crippen LogP contribution in [0.25, 0.3) is 91.8 Å². The van der Waals surface area contributed by atoms with Crippen LogP contribution >= 0.6 is 11.3 Å². The molecule has 0 bridgehead atoms. The Morgan fingerprint density at radius 3 is 1.67 bits per heavy atom. The Hall–Kier alpha value is -7.72. The van der Waals surface area contributed by atoms with Crippen molar-refractivity contribution in [2.75, 3.05) is 4.90 Å². The molecule has 0 atom stereocenters. The van der Waals surface area contributed by atoms with E-state index in [1.165, 1.54) is 86.1 Å². The van der Waals surface area contributed by atoms with Gasteiger partial charge in [-0.05, 0) is 111 Å². The third-order valence-electron chi connectivity index (χ3n) is 12.2. The van der Waals surface area contributed by atoms with Gasteiger partial charge in [0, 0.05) is 53.6 Å². The molecule has 0 aliphatic rings. The topological polar surface area (TPSA) is 8.17 Å². The largest absolute Gasteiger partial charge is 0.310 e. The van der Waals surface area contributed by atoms with E-state index >= 15 is 0 Å². The predicted molar refractivity (Wildman–Crippen MR) is 262 cm³/mol. The zero-order chi connectivity index (χ0) is 40.3. The third-order valence-corrected chi connectivity index (χ3v) is 13.3. The highest BCUT2D eigenvalue weighted by Crippen LogP contribution is 2.43. The SMILES string of the molecule is c1ccc(-n2c3ccccc3c3ccc(-c4ccc(N(c5ccc(-c6ccc7c(c6)sc6ccccc67)cc5)c5ccccc5-c5ccc6ccccc6c5)cc4)cc32)cc1. The van der Waals surface area contributed by atoms with E-state index in [1.54, 1.807) is 0 Å². The van der Waals surface area contributed by atoms with Gasteiger partial charge in [-0.3, -0.25) is 0 Å². The molecule has 3 heteroatoms. The monoisotopic (exact) mass is 794 g/mol. The molecule has 0 radical (unpaired) electrons. The van der Waals surface area contributed by atoms with Gasteiger partial charge < -0.3 is 9.47 Å². The standard InChI is InChI=1S/C58H38N2S/c1-2-14-46(15-3-1)60-55-20-10-7-17-50(55)51-34-28-43(37-56(51)60)40-24-30-47(31-25-40)59(54-19-9-6-16-49(54)45-23-22-39-12-4-5-13-42(39)36-45)48-32-26-41(27-33-48)44-29-35-53-52-18-8-11-21-57(52)61-58(53)38-44/h1-38H. The summed E-state index contributed by atoms with van der Waals surface area (Å²) in [6, 6.07) is 84.2. The number of fused-ring (bicyclic) bond motifs is 7. The first-order valence-electron chi connectivity index (χ1n) is 20.8. The van der Waals surface area contributed by atoms with Crippen LogP contribution in [0.5, 0.6) is 0 Å². The molecule has 0 fully saturated rings. The molecule has 0 aliphatic carbocycles. The van der Waals surface area contributed by atoms with Crippen molar-refractivity contribution in [3.8, 4) is 39.1 Å². The van der Waals surface area contributed by atoms with E-state index in [2.05, 4.69) is 240 Å². The minimum Gasteiger partial charge on any atom is -0.310 e. The molecule has 0 unspecified atom stereocenters. The van der Waals surface area contributed by atoms with Crippen LogP contribution in [-0.2, 0) is 0 Å². The summed E-state index contributed by atoms with van der Waals surface area (Å²) in [6.45, 7) is 0. The van der Waals surface area contributed by atoms with Crippen molar-refractivity contribution in [1.29, 1.82) is 0 Å². The quantitative estimate of drug-likeness (QED) is 0.156. The van der Waals surface area contributed by atoms with Crippen LogP contribution in [-0.4, -0.2) is 4.57 Å². The maximum absolute atomic E-state index is 2.41. The summed E-state index contributed by atoms with van der Waals surface area (Å²) in [7, 11) is 0. The molecular formula is C58H38N2S. The van der Waals surface area contributed by atoms with Gasteiger partial charge in [-0.25, -0.2) is 0 Å². The average molecular weight is 795 g/mol. The van der Waals surface area contributed by atoms with E-state index in [9.17, 15) is 0 Å². The first kappa shape index (κ1) is 35.2. The van der Waals surface area contributed by atoms with Gasteiger partial charge in [-0.2, -0.15) is 0 Å². The predicted octanol–water partition coefficient (Wildman–Crippen LogP) is 16.8. The van der Waals surface area contributed by atoms with Crippen LogP contribution in [0.3, 0.4) is 0 Å². The van der Waals surface area contributed by atoms with Gasteiger partial charge in [0.2, 0.25) is 0 Å². The Kier molecular flexibility index (Phi) is 8.39. The fourth-order valence-electron chi connectivity index (χ4n) is 9.21. The second kappa shape index (κ2) is 14.5. The van der Waals surface area contributed by atoms with Gasteiger partial charge in [0.25, 0.3) is 0 Å². The number of benzene rings is 10. The Morgan fingerprint density at radius 2 is 0.885 bits per heavy atom. The molecule has 12 rings (SSSR count). The van der Waals surface area contributed by atoms with Crippen LogP contribution in [0.4, 0.5) is 17.1 Å². The molecule has 2 nitrogen and oxygen atoms in total. The zero-order valence-corrected chi connectivity index (χ0v) is 34.1. The van der Waals surface area contributed by atoms with E-state index in [1.807, 2.05) is 11.3 Å². The third kappa shape index (κ3) is 6.09. The molecule has 12 aromatic rings. The number of hydrogen-bond donors (Lipinski definition) is 0. The fraction of sp³-hybridized carbons (Fsp3) is 0. The molecule has 0 saturated heterocycles. The molecule has 10 aromatic carbocycles. The summed E-state index contributed by atoms with van der Waals surface area (Å²) >= 11 is 1.86. The highest BCUT2D eigenvalue weighted by atomic mass is 32.1. The molecule has 61 heavy (non-hydrogen) atoms. The number of hydrogen-bond acceptors (Lipinski definition) is 2. The van der Waals surface area contributed by atoms with Crippen LogP contribution in [0.1, 0.15) is 0 Å². The summed E-state index contributed by atoms with van der Waals surface area (Å²) in [4.78, 5) is 2.41. The molecule has 0 amide bonds. The number of nitrogens with zero attached hydrogens (tertiary/aromatic N) is 2. The van der Waals surface area contributed by atoms with Crippen molar-refractivity contribution >= 4 is 81.1 Å². The molecule has 2 heterocycles. The van der Waals surface area contributed by atoms with Crippen molar-refractivity contribution in [2.24, 2.45) is 0 Å². The molecule has 286 valence electrons. The van der Waals surface area contributed by atoms with E-state index in [0.29, 0.717) is 0 Å².